The van der Waals surface area contributed by atoms with Crippen molar-refractivity contribution in [3.8, 4) is 5.75 Å². The summed E-state index contributed by atoms with van der Waals surface area (Å²) in [7, 11) is 0. The number of hydrogen-bond acceptors (Lipinski definition) is 3. The Labute approximate surface area is 117 Å². The number of rotatable bonds is 4. The molecule has 0 radical (unpaired) electrons. The molecule has 2 amide bonds. The van der Waals surface area contributed by atoms with Crippen LogP contribution in [0.15, 0.2) is 24.3 Å². The second-order valence-corrected chi connectivity index (χ2v) is 4.93. The zero-order valence-corrected chi connectivity index (χ0v) is 11.4. The van der Waals surface area contributed by atoms with Crippen molar-refractivity contribution in [2.45, 2.75) is 25.9 Å². The lowest BCUT2D eigenvalue weighted by Crippen LogP contribution is -2.46. The number of ether oxygens (including phenoxy) is 1. The number of carbonyl (C=O) groups excluding carboxylic acids is 1. The van der Waals surface area contributed by atoms with Gasteiger partial charge in [-0.05, 0) is 19.9 Å². The first-order valence-corrected chi connectivity index (χ1v) is 6.50. The number of hydrogen-bond donors (Lipinski definition) is 3. The minimum Gasteiger partial charge on any atom is -0.491 e. The van der Waals surface area contributed by atoms with Crippen LogP contribution in [0.3, 0.4) is 0 Å². The van der Waals surface area contributed by atoms with E-state index < -0.39 is 24.0 Å². The van der Waals surface area contributed by atoms with E-state index in [0.29, 0.717) is 6.61 Å². The fourth-order valence-corrected chi connectivity index (χ4v) is 2.03. The Hall–Kier alpha value is -2.24. The van der Waals surface area contributed by atoms with Crippen LogP contribution in [-0.4, -0.2) is 29.8 Å². The molecule has 3 atom stereocenters. The minimum atomic E-state index is -0.938. The van der Waals surface area contributed by atoms with E-state index >= 15 is 0 Å². The summed E-state index contributed by atoms with van der Waals surface area (Å²) in [4.78, 5) is 22.7. The topological polar surface area (TPSA) is 87.7 Å². The van der Waals surface area contributed by atoms with Gasteiger partial charge in [0.25, 0.3) is 0 Å². The third-order valence-electron chi connectivity index (χ3n) is 3.50. The lowest BCUT2D eigenvalue weighted by Gasteiger charge is -2.19. The average Bonchev–Trinajstić information content (AvgIpc) is 2.81. The lowest BCUT2D eigenvalue weighted by atomic mass is 10.0. The molecule has 2 rings (SSSR count). The molecule has 0 fully saturated rings. The number of fused-ring (bicyclic) bond motifs is 1. The quantitative estimate of drug-likeness (QED) is 0.779. The Kier molecular flexibility index (Phi) is 4.12. The number of nitrogens with one attached hydrogen (secondary N) is 2. The zero-order valence-electron chi connectivity index (χ0n) is 11.4. The Morgan fingerprint density at radius 1 is 1.35 bits per heavy atom. The van der Waals surface area contributed by atoms with Crippen LogP contribution in [0.25, 0.3) is 0 Å². The molecule has 3 N–H and O–H groups in total. The number of carboxylic acids is 1. The smallest absolute Gasteiger partial charge is 0.315 e. The normalized spacial score (nSPS) is 19.4. The number of carboxylic acid groups (broad SMARTS) is 1. The highest BCUT2D eigenvalue weighted by Gasteiger charge is 2.26. The van der Waals surface area contributed by atoms with Gasteiger partial charge in [0.2, 0.25) is 0 Å². The first-order chi connectivity index (χ1) is 9.49. The third-order valence-corrected chi connectivity index (χ3v) is 3.50. The molecule has 6 heteroatoms. The van der Waals surface area contributed by atoms with Crippen molar-refractivity contribution >= 4 is 12.0 Å². The van der Waals surface area contributed by atoms with Crippen LogP contribution in [0.2, 0.25) is 0 Å². The van der Waals surface area contributed by atoms with Crippen LogP contribution in [0.1, 0.15) is 25.5 Å². The standard InChI is InChI=1S/C14H18N2O4/c1-8(13(17)18)9(2)15-14(19)16-11-7-20-12-6-4-3-5-10(11)12/h3-6,8-9,11H,7H2,1-2H3,(H,17,18)(H2,15,16,19). The van der Waals surface area contributed by atoms with E-state index in [4.69, 9.17) is 9.84 Å². The number of aliphatic carboxylic acids is 1. The van der Waals surface area contributed by atoms with Gasteiger partial charge in [0.05, 0.1) is 12.0 Å². The summed E-state index contributed by atoms with van der Waals surface area (Å²) in [6.45, 7) is 3.61. The molecule has 0 bridgehead atoms. The van der Waals surface area contributed by atoms with E-state index in [9.17, 15) is 9.59 Å². The highest BCUT2D eigenvalue weighted by molar-refractivity contribution is 5.77. The van der Waals surface area contributed by atoms with E-state index in [-0.39, 0.29) is 6.04 Å². The van der Waals surface area contributed by atoms with Crippen LogP contribution < -0.4 is 15.4 Å². The van der Waals surface area contributed by atoms with Crippen LogP contribution in [-0.2, 0) is 4.79 Å². The van der Waals surface area contributed by atoms with Crippen LogP contribution >= 0.6 is 0 Å². The highest BCUT2D eigenvalue weighted by atomic mass is 16.5. The molecule has 1 aliphatic rings. The Balaban J connectivity index is 1.92. The van der Waals surface area contributed by atoms with Gasteiger partial charge in [-0.3, -0.25) is 4.79 Å². The van der Waals surface area contributed by atoms with Gasteiger partial charge in [0.15, 0.2) is 0 Å². The predicted octanol–water partition coefficient (Wildman–Crippen LogP) is 1.53. The molecule has 1 aliphatic heterocycles. The van der Waals surface area contributed by atoms with Gasteiger partial charge in [-0.1, -0.05) is 18.2 Å². The van der Waals surface area contributed by atoms with E-state index in [2.05, 4.69) is 10.6 Å². The summed E-state index contributed by atoms with van der Waals surface area (Å²) in [6, 6.07) is 6.45. The van der Waals surface area contributed by atoms with Crippen LogP contribution in [0, 0.1) is 5.92 Å². The maximum atomic E-state index is 11.9. The maximum absolute atomic E-state index is 11.9. The van der Waals surface area contributed by atoms with E-state index in [1.807, 2.05) is 24.3 Å². The molecule has 20 heavy (non-hydrogen) atoms. The van der Waals surface area contributed by atoms with E-state index in [1.54, 1.807) is 13.8 Å². The molecule has 1 aromatic carbocycles. The van der Waals surface area contributed by atoms with E-state index in [0.717, 1.165) is 11.3 Å². The second kappa shape index (κ2) is 5.81. The molecule has 1 aromatic rings. The van der Waals surface area contributed by atoms with Crippen LogP contribution in [0.4, 0.5) is 4.79 Å². The van der Waals surface area contributed by atoms with Gasteiger partial charge >= 0.3 is 12.0 Å². The third kappa shape index (κ3) is 3.01. The molecule has 1 heterocycles. The molecule has 0 saturated carbocycles. The van der Waals surface area contributed by atoms with Crippen molar-refractivity contribution < 1.29 is 19.4 Å². The fourth-order valence-electron chi connectivity index (χ4n) is 2.03. The Morgan fingerprint density at radius 2 is 2.05 bits per heavy atom. The van der Waals surface area contributed by atoms with Gasteiger partial charge in [-0.2, -0.15) is 0 Å². The molecule has 0 aromatic heterocycles. The largest absolute Gasteiger partial charge is 0.491 e. The van der Waals surface area contributed by atoms with Gasteiger partial charge in [-0.25, -0.2) is 4.79 Å². The predicted molar refractivity (Wildman–Crippen MR) is 72.6 cm³/mol. The van der Waals surface area contributed by atoms with Crippen molar-refractivity contribution in [3.63, 3.8) is 0 Å². The van der Waals surface area contributed by atoms with Gasteiger partial charge in [0, 0.05) is 11.6 Å². The SMILES string of the molecule is CC(NC(=O)NC1COc2ccccc21)C(C)C(=O)O. The van der Waals surface area contributed by atoms with Crippen molar-refractivity contribution in [1.29, 1.82) is 0 Å². The van der Waals surface area contributed by atoms with Crippen molar-refractivity contribution in [1.82, 2.24) is 10.6 Å². The summed E-state index contributed by atoms with van der Waals surface area (Å²) in [6.07, 6.45) is 0. The van der Waals surface area contributed by atoms with E-state index in [1.165, 1.54) is 0 Å². The minimum absolute atomic E-state index is 0.210. The molecular formula is C14H18N2O4. The maximum Gasteiger partial charge on any atom is 0.315 e. The molecule has 0 spiro atoms. The first-order valence-electron chi connectivity index (χ1n) is 6.50. The summed E-state index contributed by atoms with van der Waals surface area (Å²) in [5.74, 6) is -0.815. The van der Waals surface area contributed by atoms with Gasteiger partial charge < -0.3 is 20.5 Å². The number of carbonyl (C=O) groups is 2. The van der Waals surface area contributed by atoms with Gasteiger partial charge in [-0.15, -0.1) is 0 Å². The summed E-state index contributed by atoms with van der Waals surface area (Å²) in [5, 5.41) is 14.3. The second-order valence-electron chi connectivity index (χ2n) is 4.93. The molecule has 3 unspecified atom stereocenters. The van der Waals surface area contributed by atoms with Gasteiger partial charge in [0.1, 0.15) is 12.4 Å². The average molecular weight is 278 g/mol. The molecular weight excluding hydrogens is 260 g/mol. The Bertz CT molecular complexity index is 518. The lowest BCUT2D eigenvalue weighted by molar-refractivity contribution is -0.141. The summed E-state index contributed by atoms with van der Waals surface area (Å²) >= 11 is 0. The fraction of sp³-hybridized carbons (Fsp3) is 0.429. The summed E-state index contributed by atoms with van der Waals surface area (Å²) < 4.78 is 5.47. The van der Waals surface area contributed by atoms with Crippen molar-refractivity contribution in [3.05, 3.63) is 29.8 Å². The highest BCUT2D eigenvalue weighted by Crippen LogP contribution is 2.31. The number of amides is 2. The number of benzene rings is 1. The monoisotopic (exact) mass is 278 g/mol. The molecule has 108 valence electrons. The molecule has 0 saturated heterocycles. The number of urea groups is 1. The number of para-hydroxylation sites is 1. The van der Waals surface area contributed by atoms with Crippen molar-refractivity contribution in [2.24, 2.45) is 5.92 Å². The molecule has 0 aliphatic carbocycles. The van der Waals surface area contributed by atoms with Crippen molar-refractivity contribution in [2.75, 3.05) is 6.61 Å². The zero-order chi connectivity index (χ0) is 14.7. The van der Waals surface area contributed by atoms with Crippen LogP contribution in [0.5, 0.6) is 5.75 Å². The molecule has 6 nitrogen and oxygen atoms in total. The first kappa shape index (κ1) is 14.2. The summed E-state index contributed by atoms with van der Waals surface area (Å²) in [5.41, 5.74) is 0.932. The Morgan fingerprint density at radius 3 is 2.75 bits per heavy atom.